The second kappa shape index (κ2) is 22.8. The van der Waals surface area contributed by atoms with Crippen LogP contribution < -0.4 is 20.1 Å². The molecule has 2 fully saturated rings. The van der Waals surface area contributed by atoms with Gasteiger partial charge in [0.2, 0.25) is 0 Å². The van der Waals surface area contributed by atoms with Crippen molar-refractivity contribution >= 4 is 40.1 Å². The number of carbonyl (C=O) groups is 4. The standard InChI is InChI=1S/C22H32BrNO5.C22H33NO5/c1-15-19(28-17-10-6-5-7-11-17)16(13-14-23)9-8-12-18(20(25)27-15)24-21(26)29-22(2,3)4;1-6-16-11-10-14-18(23-21(25)28-22(3,4)5)20(24)26-15(2)19(16)27-17-12-8-7-9-13-17/h5-7,10-11,15-16,18-19H,8-9,12-14H2,1-4H3,(H,24,26);7-9,12-13,15-16,18-19H,6,10-11,14H2,1-5H3,(H,23,25)/t15-,16+,18-,19-;15-,16-,18-,19-/m00/s1. The summed E-state index contributed by atoms with van der Waals surface area (Å²) in [5.74, 6) is 1.08. The number of cyclic esters (lactones) is 2. The number of halogens is 1. The van der Waals surface area contributed by atoms with E-state index >= 15 is 0 Å². The van der Waals surface area contributed by atoms with E-state index in [1.165, 1.54) is 0 Å². The van der Waals surface area contributed by atoms with Crippen LogP contribution in [-0.4, -0.2) is 77.2 Å². The molecule has 2 aliphatic heterocycles. The van der Waals surface area contributed by atoms with Gasteiger partial charge >= 0.3 is 24.1 Å². The predicted octanol–water partition coefficient (Wildman–Crippen LogP) is 9.31. The summed E-state index contributed by atoms with van der Waals surface area (Å²) in [5, 5.41) is 6.17. The molecular formula is C44H65BrN2O10. The van der Waals surface area contributed by atoms with E-state index < -0.39 is 59.6 Å². The molecule has 13 heteroatoms. The molecule has 0 saturated carbocycles. The number of rotatable bonds is 9. The first-order chi connectivity index (χ1) is 26.9. The molecule has 0 spiro atoms. The van der Waals surface area contributed by atoms with Crippen molar-refractivity contribution in [1.82, 2.24) is 10.6 Å². The Bertz CT molecular complexity index is 1530. The summed E-state index contributed by atoms with van der Waals surface area (Å²) in [6, 6.07) is 17.7. The van der Waals surface area contributed by atoms with Crippen LogP contribution in [0.25, 0.3) is 0 Å². The minimum Gasteiger partial charge on any atom is -0.486 e. The van der Waals surface area contributed by atoms with Gasteiger partial charge in [0.15, 0.2) is 0 Å². The van der Waals surface area contributed by atoms with Gasteiger partial charge in [0.1, 0.15) is 59.2 Å². The summed E-state index contributed by atoms with van der Waals surface area (Å²) >= 11 is 3.53. The van der Waals surface area contributed by atoms with Crippen LogP contribution >= 0.6 is 15.9 Å². The molecule has 2 heterocycles. The van der Waals surface area contributed by atoms with Gasteiger partial charge in [0.25, 0.3) is 0 Å². The Hall–Kier alpha value is -4.00. The van der Waals surface area contributed by atoms with Gasteiger partial charge in [-0.1, -0.05) is 72.1 Å². The van der Waals surface area contributed by atoms with Gasteiger partial charge in [0.05, 0.1) is 0 Å². The topological polar surface area (TPSA) is 148 Å². The third-order valence-corrected chi connectivity index (χ3v) is 10.0. The summed E-state index contributed by atoms with van der Waals surface area (Å²) in [5.41, 5.74) is -1.25. The van der Waals surface area contributed by atoms with Crippen molar-refractivity contribution in [2.75, 3.05) is 5.33 Å². The molecule has 0 unspecified atom stereocenters. The van der Waals surface area contributed by atoms with E-state index in [0.29, 0.717) is 12.8 Å². The summed E-state index contributed by atoms with van der Waals surface area (Å²) < 4.78 is 34.4. The highest BCUT2D eigenvalue weighted by Crippen LogP contribution is 2.30. The maximum Gasteiger partial charge on any atom is 0.408 e. The zero-order valence-electron chi connectivity index (χ0n) is 35.2. The molecule has 2 amide bonds. The first-order valence-corrected chi connectivity index (χ1v) is 21.4. The lowest BCUT2D eigenvalue weighted by Crippen LogP contribution is -2.46. The van der Waals surface area contributed by atoms with Crippen molar-refractivity contribution in [2.45, 2.75) is 161 Å². The van der Waals surface area contributed by atoms with Crippen molar-refractivity contribution in [2.24, 2.45) is 11.8 Å². The zero-order chi connectivity index (χ0) is 42.2. The van der Waals surface area contributed by atoms with Crippen LogP contribution in [0.3, 0.4) is 0 Å². The number of carbonyl (C=O) groups excluding carboxylic acids is 4. The maximum atomic E-state index is 12.7. The van der Waals surface area contributed by atoms with Crippen LogP contribution in [-0.2, 0) is 28.5 Å². The van der Waals surface area contributed by atoms with Crippen LogP contribution in [0.1, 0.15) is 114 Å². The number of nitrogens with one attached hydrogen (secondary N) is 2. The lowest BCUT2D eigenvalue weighted by atomic mass is 9.90. The Morgan fingerprint density at radius 1 is 0.667 bits per heavy atom. The molecule has 2 aliphatic rings. The second-order valence-corrected chi connectivity index (χ2v) is 17.5. The highest BCUT2D eigenvalue weighted by atomic mass is 79.9. The number of benzene rings is 2. The summed E-state index contributed by atoms with van der Waals surface area (Å²) in [6.07, 6.45) is 3.56. The lowest BCUT2D eigenvalue weighted by Gasteiger charge is -2.31. The van der Waals surface area contributed by atoms with Gasteiger partial charge < -0.3 is 39.1 Å². The van der Waals surface area contributed by atoms with Crippen LogP contribution in [0.15, 0.2) is 60.7 Å². The average Bonchev–Trinajstić information content (AvgIpc) is 3.20. The van der Waals surface area contributed by atoms with E-state index in [1.54, 1.807) is 41.5 Å². The van der Waals surface area contributed by atoms with Gasteiger partial charge in [-0.3, -0.25) is 0 Å². The SMILES string of the molecule is CC[C@H]1CCC[C@H](NC(=O)OC(C)(C)C)C(=O)O[C@@H](C)[C@@H]1Oc1ccccc1.C[C@@H]1OC(=O)[C@@H](NC(=O)OC(C)(C)C)CCC[C@H](CCBr)[C@H]1Oc1ccccc1. The number of ether oxygens (including phenoxy) is 6. The fourth-order valence-electron chi connectivity index (χ4n) is 6.91. The minimum atomic E-state index is -0.729. The third kappa shape index (κ3) is 17.2. The summed E-state index contributed by atoms with van der Waals surface area (Å²) in [7, 11) is 0. The Labute approximate surface area is 347 Å². The average molecular weight is 862 g/mol. The molecule has 2 aromatic carbocycles. The third-order valence-electron chi connectivity index (χ3n) is 9.58. The quantitative estimate of drug-likeness (QED) is 0.142. The Morgan fingerprint density at radius 3 is 1.42 bits per heavy atom. The zero-order valence-corrected chi connectivity index (χ0v) is 36.8. The number of alkyl halides is 1. The predicted molar refractivity (Wildman–Crippen MR) is 223 cm³/mol. The number of hydrogen-bond acceptors (Lipinski definition) is 10. The van der Waals surface area contributed by atoms with Gasteiger partial charge in [-0.25, -0.2) is 19.2 Å². The van der Waals surface area contributed by atoms with Crippen molar-refractivity contribution in [3.8, 4) is 11.5 Å². The summed E-state index contributed by atoms with van der Waals surface area (Å²) in [4.78, 5) is 49.6. The van der Waals surface area contributed by atoms with E-state index in [2.05, 4.69) is 33.5 Å². The lowest BCUT2D eigenvalue weighted by molar-refractivity contribution is -0.157. The molecule has 0 aromatic heterocycles. The Morgan fingerprint density at radius 2 is 1.05 bits per heavy atom. The summed E-state index contributed by atoms with van der Waals surface area (Å²) in [6.45, 7) is 16.5. The first-order valence-electron chi connectivity index (χ1n) is 20.3. The number of hydrogen-bond donors (Lipinski definition) is 2. The highest BCUT2D eigenvalue weighted by Gasteiger charge is 2.37. The van der Waals surface area contributed by atoms with Crippen molar-refractivity contribution in [3.63, 3.8) is 0 Å². The molecule has 57 heavy (non-hydrogen) atoms. The fraction of sp³-hybridized carbons (Fsp3) is 0.636. The van der Waals surface area contributed by atoms with Gasteiger partial charge in [-0.2, -0.15) is 0 Å². The molecule has 4 rings (SSSR count). The van der Waals surface area contributed by atoms with Crippen molar-refractivity contribution < 1.29 is 47.6 Å². The minimum absolute atomic E-state index is 0.220. The highest BCUT2D eigenvalue weighted by molar-refractivity contribution is 9.09. The maximum absolute atomic E-state index is 12.7. The van der Waals surface area contributed by atoms with Crippen LogP contribution in [0.5, 0.6) is 11.5 Å². The fourth-order valence-corrected chi connectivity index (χ4v) is 7.50. The molecule has 12 nitrogen and oxygen atoms in total. The van der Waals surface area contributed by atoms with E-state index in [-0.39, 0.29) is 24.0 Å². The monoisotopic (exact) mass is 860 g/mol. The molecule has 2 saturated heterocycles. The Balaban J connectivity index is 0.000000306. The number of para-hydroxylation sites is 2. The van der Waals surface area contributed by atoms with Crippen LogP contribution in [0.4, 0.5) is 9.59 Å². The van der Waals surface area contributed by atoms with E-state index in [4.69, 9.17) is 28.4 Å². The molecular weight excluding hydrogens is 796 g/mol. The molecule has 8 atom stereocenters. The Kier molecular flexibility index (Phi) is 19.0. The smallest absolute Gasteiger partial charge is 0.408 e. The number of esters is 2. The molecule has 318 valence electrons. The molecule has 2 aromatic rings. The van der Waals surface area contributed by atoms with Gasteiger partial charge in [-0.05, 0) is 124 Å². The molecule has 0 radical (unpaired) electrons. The van der Waals surface area contributed by atoms with Crippen LogP contribution in [0, 0.1) is 11.8 Å². The normalized spacial score (nSPS) is 26.0. The van der Waals surface area contributed by atoms with E-state index in [1.807, 2.05) is 74.5 Å². The van der Waals surface area contributed by atoms with Crippen LogP contribution in [0.2, 0.25) is 0 Å². The molecule has 0 bridgehead atoms. The van der Waals surface area contributed by atoms with E-state index in [0.717, 1.165) is 55.4 Å². The largest absolute Gasteiger partial charge is 0.486 e. The van der Waals surface area contributed by atoms with Gasteiger partial charge in [0, 0.05) is 11.2 Å². The van der Waals surface area contributed by atoms with E-state index in [9.17, 15) is 19.2 Å². The van der Waals surface area contributed by atoms with Crippen molar-refractivity contribution in [3.05, 3.63) is 60.7 Å². The number of amides is 2. The molecule has 0 aliphatic carbocycles. The van der Waals surface area contributed by atoms with Crippen molar-refractivity contribution in [1.29, 1.82) is 0 Å². The first kappa shape index (κ1) is 47.4. The molecule has 2 N–H and O–H groups in total. The van der Waals surface area contributed by atoms with Gasteiger partial charge in [-0.15, -0.1) is 0 Å². The second-order valence-electron chi connectivity index (χ2n) is 16.7. The number of alkyl carbamates (subject to hydrolysis) is 2.